The summed E-state index contributed by atoms with van der Waals surface area (Å²) in [4.78, 5) is 4.24. The molecule has 1 saturated carbocycles. The maximum Gasteiger partial charge on any atom is 0.0948 e. The second kappa shape index (κ2) is 2.83. The van der Waals surface area contributed by atoms with Crippen LogP contribution in [0.2, 0.25) is 0 Å². The van der Waals surface area contributed by atoms with E-state index in [4.69, 9.17) is 0 Å². The topological polar surface area (TPSA) is 29.9 Å². The zero-order chi connectivity index (χ0) is 9.60. The lowest BCUT2D eigenvalue weighted by Gasteiger charge is -2.56. The molecule has 1 spiro atoms. The van der Waals surface area contributed by atoms with E-state index >= 15 is 0 Å². The van der Waals surface area contributed by atoms with Gasteiger partial charge in [-0.15, -0.1) is 0 Å². The lowest BCUT2D eigenvalue weighted by atomic mass is 9.58. The molecule has 14 heavy (non-hydrogen) atoms. The first kappa shape index (κ1) is 8.48. The molecule has 2 heterocycles. The number of imidazole rings is 1. The molecule has 1 atom stereocenters. The standard InChI is InChI=1S/C11H17N3/c1-2-14-8-12-6-9(14)10-11(7-13-10)4-3-5-11/h6,8,10,13H,2-5,7H2,1H3. The predicted molar refractivity (Wildman–Crippen MR) is 54.9 cm³/mol. The summed E-state index contributed by atoms with van der Waals surface area (Å²) in [6.07, 6.45) is 8.19. The third kappa shape index (κ3) is 0.934. The number of rotatable bonds is 2. The molecule has 1 aromatic rings. The lowest BCUT2D eigenvalue weighted by Crippen LogP contribution is -2.59. The van der Waals surface area contributed by atoms with Gasteiger partial charge >= 0.3 is 0 Å². The van der Waals surface area contributed by atoms with E-state index < -0.39 is 0 Å². The van der Waals surface area contributed by atoms with Crippen molar-refractivity contribution in [2.45, 2.75) is 38.8 Å². The Bertz CT molecular complexity index is 333. The van der Waals surface area contributed by atoms with Gasteiger partial charge in [0.1, 0.15) is 0 Å². The van der Waals surface area contributed by atoms with Gasteiger partial charge in [0.05, 0.1) is 18.1 Å². The van der Waals surface area contributed by atoms with Crippen LogP contribution in [0.25, 0.3) is 0 Å². The average molecular weight is 191 g/mol. The molecule has 3 nitrogen and oxygen atoms in total. The van der Waals surface area contributed by atoms with E-state index in [1.165, 1.54) is 31.5 Å². The molecule has 76 valence electrons. The summed E-state index contributed by atoms with van der Waals surface area (Å²) in [7, 11) is 0. The van der Waals surface area contributed by atoms with Crippen molar-refractivity contribution >= 4 is 0 Å². The summed E-state index contributed by atoms with van der Waals surface area (Å²) in [5.41, 5.74) is 1.99. The summed E-state index contributed by atoms with van der Waals surface area (Å²) < 4.78 is 2.26. The monoisotopic (exact) mass is 191 g/mol. The first-order chi connectivity index (χ1) is 6.86. The van der Waals surface area contributed by atoms with Crippen LogP contribution >= 0.6 is 0 Å². The number of nitrogens with one attached hydrogen (secondary N) is 1. The average Bonchev–Trinajstić information content (AvgIpc) is 2.47. The van der Waals surface area contributed by atoms with Crippen LogP contribution in [0.3, 0.4) is 0 Å². The van der Waals surface area contributed by atoms with Crippen molar-refractivity contribution in [1.29, 1.82) is 0 Å². The molecule has 1 aliphatic heterocycles. The van der Waals surface area contributed by atoms with Gasteiger partial charge in [-0.25, -0.2) is 4.98 Å². The zero-order valence-electron chi connectivity index (χ0n) is 8.66. The molecule has 1 aliphatic carbocycles. The highest BCUT2D eigenvalue weighted by Crippen LogP contribution is 2.54. The molecule has 0 aromatic carbocycles. The Morgan fingerprint density at radius 1 is 1.64 bits per heavy atom. The molecule has 0 amide bonds. The fourth-order valence-electron chi connectivity index (χ4n) is 2.84. The number of aryl methyl sites for hydroxylation is 1. The van der Waals surface area contributed by atoms with Crippen molar-refractivity contribution in [2.75, 3.05) is 6.54 Å². The van der Waals surface area contributed by atoms with E-state index in [1.807, 2.05) is 12.5 Å². The SMILES string of the molecule is CCn1cncc1C1NCC12CCC2. The molecule has 0 radical (unpaired) electrons. The maximum absolute atomic E-state index is 4.24. The van der Waals surface area contributed by atoms with Gasteiger partial charge in [-0.2, -0.15) is 0 Å². The minimum atomic E-state index is 0.582. The van der Waals surface area contributed by atoms with Gasteiger partial charge in [0.2, 0.25) is 0 Å². The van der Waals surface area contributed by atoms with Crippen molar-refractivity contribution in [3.63, 3.8) is 0 Å². The van der Waals surface area contributed by atoms with Crippen LogP contribution in [-0.2, 0) is 6.54 Å². The highest BCUT2D eigenvalue weighted by atomic mass is 15.1. The predicted octanol–water partition coefficient (Wildman–Crippen LogP) is 1.72. The van der Waals surface area contributed by atoms with Gasteiger partial charge in [0, 0.05) is 24.7 Å². The van der Waals surface area contributed by atoms with Crippen molar-refractivity contribution in [2.24, 2.45) is 5.41 Å². The van der Waals surface area contributed by atoms with Crippen LogP contribution < -0.4 is 5.32 Å². The van der Waals surface area contributed by atoms with E-state index in [1.54, 1.807) is 0 Å². The second-order valence-electron chi connectivity index (χ2n) is 4.63. The molecular formula is C11H17N3. The summed E-state index contributed by atoms with van der Waals surface area (Å²) in [6.45, 7) is 4.42. The van der Waals surface area contributed by atoms with E-state index in [9.17, 15) is 0 Å². The minimum Gasteiger partial charge on any atom is -0.333 e. The van der Waals surface area contributed by atoms with E-state index in [2.05, 4.69) is 21.8 Å². The van der Waals surface area contributed by atoms with E-state index in [-0.39, 0.29) is 0 Å². The minimum absolute atomic E-state index is 0.582. The van der Waals surface area contributed by atoms with Crippen LogP contribution in [0, 0.1) is 5.41 Å². The second-order valence-corrected chi connectivity index (χ2v) is 4.63. The van der Waals surface area contributed by atoms with Crippen molar-refractivity contribution in [1.82, 2.24) is 14.9 Å². The normalized spacial score (nSPS) is 28.5. The molecule has 2 aliphatic rings. The van der Waals surface area contributed by atoms with Crippen molar-refractivity contribution in [3.05, 3.63) is 18.2 Å². The van der Waals surface area contributed by atoms with Crippen LogP contribution in [0.15, 0.2) is 12.5 Å². The van der Waals surface area contributed by atoms with Crippen LogP contribution in [0.4, 0.5) is 0 Å². The first-order valence-electron chi connectivity index (χ1n) is 5.59. The van der Waals surface area contributed by atoms with E-state index in [0.29, 0.717) is 11.5 Å². The summed E-state index contributed by atoms with van der Waals surface area (Å²) >= 11 is 0. The molecule has 3 heteroatoms. The Hall–Kier alpha value is -0.830. The summed E-state index contributed by atoms with van der Waals surface area (Å²) in [5, 5.41) is 3.55. The third-order valence-corrected chi connectivity index (χ3v) is 4.00. The Balaban J connectivity index is 1.88. The molecule has 2 fully saturated rings. The largest absolute Gasteiger partial charge is 0.333 e. The summed E-state index contributed by atoms with van der Waals surface area (Å²) in [5.74, 6) is 0. The van der Waals surface area contributed by atoms with Crippen molar-refractivity contribution in [3.8, 4) is 0 Å². The van der Waals surface area contributed by atoms with Gasteiger partial charge in [-0.05, 0) is 19.8 Å². The third-order valence-electron chi connectivity index (χ3n) is 4.00. The van der Waals surface area contributed by atoms with Gasteiger partial charge in [0.25, 0.3) is 0 Å². The number of aromatic nitrogens is 2. The Morgan fingerprint density at radius 2 is 2.50 bits per heavy atom. The Morgan fingerprint density at radius 3 is 3.00 bits per heavy atom. The van der Waals surface area contributed by atoms with Gasteiger partial charge in [-0.3, -0.25) is 0 Å². The van der Waals surface area contributed by atoms with Crippen LogP contribution in [0.5, 0.6) is 0 Å². The molecular weight excluding hydrogens is 174 g/mol. The molecule has 1 saturated heterocycles. The molecule has 0 bridgehead atoms. The van der Waals surface area contributed by atoms with Crippen LogP contribution in [0.1, 0.15) is 37.9 Å². The van der Waals surface area contributed by atoms with Crippen LogP contribution in [-0.4, -0.2) is 16.1 Å². The Kier molecular flexibility index (Phi) is 1.71. The quantitative estimate of drug-likeness (QED) is 0.771. The highest BCUT2D eigenvalue weighted by Gasteiger charge is 2.52. The maximum atomic E-state index is 4.24. The molecule has 1 unspecified atom stereocenters. The number of nitrogens with zero attached hydrogens (tertiary/aromatic N) is 2. The van der Waals surface area contributed by atoms with Gasteiger partial charge < -0.3 is 9.88 Å². The lowest BCUT2D eigenvalue weighted by molar-refractivity contribution is -0.00938. The zero-order valence-corrected chi connectivity index (χ0v) is 8.66. The smallest absolute Gasteiger partial charge is 0.0948 e. The number of hydrogen-bond donors (Lipinski definition) is 1. The Labute approximate surface area is 84.5 Å². The van der Waals surface area contributed by atoms with Gasteiger partial charge in [0.15, 0.2) is 0 Å². The molecule has 3 rings (SSSR count). The molecule has 1 aromatic heterocycles. The highest BCUT2D eigenvalue weighted by molar-refractivity contribution is 5.19. The number of hydrogen-bond acceptors (Lipinski definition) is 2. The van der Waals surface area contributed by atoms with Crippen molar-refractivity contribution < 1.29 is 0 Å². The summed E-state index contributed by atoms with van der Waals surface area (Å²) in [6, 6.07) is 0.582. The van der Waals surface area contributed by atoms with Gasteiger partial charge in [-0.1, -0.05) is 6.42 Å². The molecule has 1 N–H and O–H groups in total. The fraction of sp³-hybridized carbons (Fsp3) is 0.727. The fourth-order valence-corrected chi connectivity index (χ4v) is 2.84. The van der Waals surface area contributed by atoms with E-state index in [0.717, 1.165) is 6.54 Å². The first-order valence-corrected chi connectivity index (χ1v) is 5.59.